The van der Waals surface area contributed by atoms with E-state index in [1.165, 1.54) is 0 Å². The summed E-state index contributed by atoms with van der Waals surface area (Å²) >= 11 is 0. The zero-order valence-electron chi connectivity index (χ0n) is 6.81. The smallest absolute Gasteiger partial charge is 0.237 e. The fourth-order valence-corrected chi connectivity index (χ4v) is 1.21. The molecule has 1 amide bonds. The highest BCUT2D eigenvalue weighted by Gasteiger charge is 2.20. The summed E-state index contributed by atoms with van der Waals surface area (Å²) in [7, 11) is 0. The van der Waals surface area contributed by atoms with Gasteiger partial charge in [-0.3, -0.25) is 4.79 Å². The van der Waals surface area contributed by atoms with E-state index in [1.807, 2.05) is 6.92 Å². The van der Waals surface area contributed by atoms with Crippen molar-refractivity contribution >= 4 is 19.4 Å². The minimum atomic E-state index is 0. The molecular formula is C7H16N2OS. The van der Waals surface area contributed by atoms with Crippen LogP contribution >= 0.6 is 13.5 Å². The summed E-state index contributed by atoms with van der Waals surface area (Å²) in [5, 5.41) is 5.92. The Labute approximate surface area is 74.4 Å². The molecule has 3 nitrogen and oxygen atoms in total. The lowest BCUT2D eigenvalue weighted by atomic mass is 10.2. The molecule has 0 spiro atoms. The third-order valence-electron chi connectivity index (χ3n) is 1.73. The molecule has 4 heteroatoms. The Hall–Kier alpha value is -0.220. The number of nitrogens with one attached hydrogen (secondary N) is 2. The van der Waals surface area contributed by atoms with Crippen LogP contribution in [0.25, 0.3) is 0 Å². The van der Waals surface area contributed by atoms with Crippen LogP contribution in [0.5, 0.6) is 0 Å². The van der Waals surface area contributed by atoms with Crippen LogP contribution in [-0.4, -0.2) is 25.0 Å². The third kappa shape index (κ3) is 3.12. The van der Waals surface area contributed by atoms with Crippen LogP contribution in [0.3, 0.4) is 0 Å². The molecule has 0 bridgehead atoms. The summed E-state index contributed by atoms with van der Waals surface area (Å²) in [6, 6.07) is 0.0833. The van der Waals surface area contributed by atoms with Gasteiger partial charge in [-0.15, -0.1) is 0 Å². The van der Waals surface area contributed by atoms with Gasteiger partial charge in [0.15, 0.2) is 0 Å². The van der Waals surface area contributed by atoms with Crippen LogP contribution in [-0.2, 0) is 4.79 Å². The first-order valence-corrected chi connectivity index (χ1v) is 3.85. The lowest BCUT2D eigenvalue weighted by molar-refractivity contribution is -0.122. The lowest BCUT2D eigenvalue weighted by Gasteiger charge is -2.08. The second-order valence-corrected chi connectivity index (χ2v) is 2.54. The minimum absolute atomic E-state index is 0. The number of likely N-dealkylation sites (N-methyl/N-ethyl adjacent to an activating group) is 1. The molecule has 0 aromatic heterocycles. The van der Waals surface area contributed by atoms with Gasteiger partial charge in [-0.2, -0.15) is 13.5 Å². The van der Waals surface area contributed by atoms with E-state index in [0.29, 0.717) is 0 Å². The molecule has 11 heavy (non-hydrogen) atoms. The number of carbonyl (C=O) groups excluding carboxylic acids is 1. The molecule has 0 aliphatic carbocycles. The number of hydrogen-bond donors (Lipinski definition) is 2. The summed E-state index contributed by atoms with van der Waals surface area (Å²) in [4.78, 5) is 11.1. The SMILES string of the molecule is CCNC(=O)[C@@H]1CCCN1.S. The van der Waals surface area contributed by atoms with Crippen molar-refractivity contribution in [1.29, 1.82) is 0 Å². The zero-order valence-corrected chi connectivity index (χ0v) is 7.81. The van der Waals surface area contributed by atoms with Crippen molar-refractivity contribution in [2.45, 2.75) is 25.8 Å². The topological polar surface area (TPSA) is 41.1 Å². The van der Waals surface area contributed by atoms with Gasteiger partial charge >= 0.3 is 0 Å². The molecule has 0 radical (unpaired) electrons. The van der Waals surface area contributed by atoms with Gasteiger partial charge in [0.25, 0.3) is 0 Å². The minimum Gasteiger partial charge on any atom is -0.355 e. The van der Waals surface area contributed by atoms with E-state index >= 15 is 0 Å². The molecule has 1 aliphatic heterocycles. The van der Waals surface area contributed by atoms with E-state index in [0.717, 1.165) is 25.9 Å². The molecule has 1 atom stereocenters. The Morgan fingerprint density at radius 2 is 2.45 bits per heavy atom. The maximum atomic E-state index is 11.1. The maximum absolute atomic E-state index is 11.1. The summed E-state index contributed by atoms with van der Waals surface area (Å²) in [5.41, 5.74) is 0. The molecule has 0 saturated carbocycles. The van der Waals surface area contributed by atoms with Crippen molar-refractivity contribution < 1.29 is 4.79 Å². The number of hydrogen-bond acceptors (Lipinski definition) is 2. The molecule has 0 unspecified atom stereocenters. The predicted octanol–water partition coefficient (Wildman–Crippen LogP) is -0.0127. The largest absolute Gasteiger partial charge is 0.355 e. The van der Waals surface area contributed by atoms with Crippen LogP contribution in [0.1, 0.15) is 19.8 Å². The summed E-state index contributed by atoms with van der Waals surface area (Å²) < 4.78 is 0. The van der Waals surface area contributed by atoms with Crippen LogP contribution in [0.2, 0.25) is 0 Å². The van der Waals surface area contributed by atoms with Crippen molar-refractivity contribution in [2.75, 3.05) is 13.1 Å². The number of amides is 1. The van der Waals surface area contributed by atoms with Gasteiger partial charge in [0, 0.05) is 6.54 Å². The van der Waals surface area contributed by atoms with Gasteiger partial charge in [0.2, 0.25) is 5.91 Å². The Balaban J connectivity index is 0.000001000. The Morgan fingerprint density at radius 3 is 2.91 bits per heavy atom. The van der Waals surface area contributed by atoms with Crippen LogP contribution in [0, 0.1) is 0 Å². The molecule has 1 saturated heterocycles. The van der Waals surface area contributed by atoms with E-state index in [-0.39, 0.29) is 25.4 Å². The quantitative estimate of drug-likeness (QED) is 0.621. The molecule has 1 rings (SSSR count). The summed E-state index contributed by atoms with van der Waals surface area (Å²) in [6.45, 7) is 3.66. The fraction of sp³-hybridized carbons (Fsp3) is 0.857. The fourth-order valence-electron chi connectivity index (χ4n) is 1.21. The van der Waals surface area contributed by atoms with Gasteiger partial charge < -0.3 is 10.6 Å². The van der Waals surface area contributed by atoms with Crippen molar-refractivity contribution in [1.82, 2.24) is 10.6 Å². The van der Waals surface area contributed by atoms with E-state index < -0.39 is 0 Å². The molecule has 1 aliphatic rings. The Bertz CT molecular complexity index is 124. The molecule has 1 fully saturated rings. The second kappa shape index (κ2) is 5.43. The van der Waals surface area contributed by atoms with Crippen LogP contribution in [0.15, 0.2) is 0 Å². The Morgan fingerprint density at radius 1 is 1.73 bits per heavy atom. The highest BCUT2D eigenvalue weighted by atomic mass is 32.1. The molecular weight excluding hydrogens is 160 g/mol. The highest BCUT2D eigenvalue weighted by Crippen LogP contribution is 2.03. The number of rotatable bonds is 2. The second-order valence-electron chi connectivity index (χ2n) is 2.54. The zero-order chi connectivity index (χ0) is 7.40. The lowest BCUT2D eigenvalue weighted by Crippen LogP contribution is -2.40. The monoisotopic (exact) mass is 176 g/mol. The van der Waals surface area contributed by atoms with Gasteiger partial charge in [-0.25, -0.2) is 0 Å². The van der Waals surface area contributed by atoms with E-state index in [4.69, 9.17) is 0 Å². The van der Waals surface area contributed by atoms with Crippen molar-refractivity contribution in [3.63, 3.8) is 0 Å². The van der Waals surface area contributed by atoms with Crippen molar-refractivity contribution in [2.24, 2.45) is 0 Å². The first kappa shape index (κ1) is 10.8. The average Bonchev–Trinajstić information content (AvgIpc) is 2.38. The average molecular weight is 176 g/mol. The third-order valence-corrected chi connectivity index (χ3v) is 1.73. The number of carbonyl (C=O) groups is 1. The Kier molecular flexibility index (Phi) is 5.32. The highest BCUT2D eigenvalue weighted by molar-refractivity contribution is 7.59. The van der Waals surface area contributed by atoms with E-state index in [9.17, 15) is 4.79 Å². The summed E-state index contributed by atoms with van der Waals surface area (Å²) in [6.07, 6.45) is 2.12. The normalized spacial score (nSPS) is 22.5. The van der Waals surface area contributed by atoms with E-state index in [1.54, 1.807) is 0 Å². The summed E-state index contributed by atoms with van der Waals surface area (Å²) in [5.74, 6) is 0.153. The standard InChI is InChI=1S/C7H14N2O.H2S/c1-2-8-7(10)6-4-3-5-9-6;/h6,9H,2-5H2,1H3,(H,8,10);1H2/t6-;/m0./s1. The molecule has 66 valence electrons. The molecule has 2 N–H and O–H groups in total. The first-order valence-electron chi connectivity index (χ1n) is 3.85. The van der Waals surface area contributed by atoms with Crippen molar-refractivity contribution in [3.05, 3.63) is 0 Å². The van der Waals surface area contributed by atoms with Crippen molar-refractivity contribution in [3.8, 4) is 0 Å². The van der Waals surface area contributed by atoms with Crippen LogP contribution < -0.4 is 10.6 Å². The van der Waals surface area contributed by atoms with Gasteiger partial charge in [0.1, 0.15) is 0 Å². The molecule has 1 heterocycles. The molecule has 0 aromatic rings. The van der Waals surface area contributed by atoms with Gasteiger partial charge in [-0.1, -0.05) is 0 Å². The van der Waals surface area contributed by atoms with E-state index in [2.05, 4.69) is 10.6 Å². The van der Waals surface area contributed by atoms with Crippen LogP contribution in [0.4, 0.5) is 0 Å². The predicted molar refractivity (Wildman–Crippen MR) is 50.1 cm³/mol. The van der Waals surface area contributed by atoms with Gasteiger partial charge in [-0.05, 0) is 26.3 Å². The van der Waals surface area contributed by atoms with Gasteiger partial charge in [0.05, 0.1) is 6.04 Å². The maximum Gasteiger partial charge on any atom is 0.237 e. The first-order chi connectivity index (χ1) is 4.84. The molecule has 0 aromatic carbocycles.